The van der Waals surface area contributed by atoms with Gasteiger partial charge in [0.05, 0.1) is 17.7 Å². The third kappa shape index (κ3) is 11.6. The van der Waals surface area contributed by atoms with Crippen molar-refractivity contribution in [2.75, 3.05) is 17.7 Å². The van der Waals surface area contributed by atoms with Crippen molar-refractivity contribution < 1.29 is 58.7 Å². The summed E-state index contributed by atoms with van der Waals surface area (Å²) in [6, 6.07) is 23.9. The number of methoxy groups -OCH3 is 1. The average molecular weight is 942 g/mol. The molecule has 0 spiro atoms. The van der Waals surface area contributed by atoms with E-state index in [9.17, 15) is 53.9 Å². The number of azo groups is 2. The van der Waals surface area contributed by atoms with Crippen molar-refractivity contribution in [3.05, 3.63) is 109 Å². The number of phenolic OH excluding ortho intramolecular Hbond substituents is 2. The van der Waals surface area contributed by atoms with E-state index in [-0.39, 0.29) is 138 Å². The van der Waals surface area contributed by atoms with E-state index in [4.69, 9.17) is 4.74 Å². The Balaban J connectivity index is 0.00000290. The van der Waals surface area contributed by atoms with E-state index in [0.717, 1.165) is 12.1 Å². The van der Waals surface area contributed by atoms with Gasteiger partial charge in [-0.3, -0.25) is 13.7 Å². The van der Waals surface area contributed by atoms with Gasteiger partial charge in [0.2, 0.25) is 0 Å². The van der Waals surface area contributed by atoms with Gasteiger partial charge in [-0.15, -0.1) is 15.3 Å². The molecule has 0 atom stereocenters. The molecule has 63 heavy (non-hydrogen) atoms. The van der Waals surface area contributed by atoms with Gasteiger partial charge in [-0.25, -0.2) is 4.79 Å². The summed E-state index contributed by atoms with van der Waals surface area (Å²) < 4.78 is 107. The van der Waals surface area contributed by atoms with Crippen molar-refractivity contribution in [2.45, 2.75) is 14.7 Å². The zero-order valence-electron chi connectivity index (χ0n) is 33.4. The van der Waals surface area contributed by atoms with Crippen LogP contribution in [0.2, 0.25) is 0 Å². The van der Waals surface area contributed by atoms with Crippen LogP contribution < -0.4 is 15.4 Å². The Labute approximate surface area is 424 Å². The minimum Gasteiger partial charge on any atom is -0.505 e. The molecule has 0 bridgehead atoms. The summed E-state index contributed by atoms with van der Waals surface area (Å²) in [6.07, 6.45) is 0. The van der Waals surface area contributed by atoms with Crippen LogP contribution in [-0.2, 0) is 30.4 Å². The monoisotopic (exact) mass is 941 g/mol. The molecular weight excluding hydrogens is 914 g/mol. The molecule has 0 aliphatic heterocycles. The zero-order chi connectivity index (χ0) is 43.1. The number of carbonyl (C=O) groups excluding carboxylic acids is 1. The fourth-order valence-electron chi connectivity index (χ4n) is 6.10. The Morgan fingerprint density at radius 3 is 1.54 bits per heavy atom. The van der Waals surface area contributed by atoms with Gasteiger partial charge < -0.3 is 25.6 Å². The first-order valence-electron chi connectivity index (χ1n) is 16.9. The molecular formula is C38H28N6Na3O13S3. The molecule has 7 aromatic rings. The number of hydrogen-bond acceptors (Lipinski definition) is 14. The van der Waals surface area contributed by atoms with Crippen LogP contribution in [0.15, 0.2) is 144 Å². The maximum atomic E-state index is 13.1. The maximum absolute atomic E-state index is 13.1. The summed E-state index contributed by atoms with van der Waals surface area (Å²) in [4.78, 5) is 11.2. The van der Waals surface area contributed by atoms with Gasteiger partial charge in [0.25, 0.3) is 30.4 Å². The molecule has 309 valence electrons. The van der Waals surface area contributed by atoms with E-state index in [1.54, 1.807) is 18.2 Å². The molecule has 0 unspecified atom stereocenters. The fraction of sp³-hybridized carbons (Fsp3) is 0.0263. The topological polar surface area (TPSA) is 303 Å². The third-order valence-electron chi connectivity index (χ3n) is 8.88. The Morgan fingerprint density at radius 1 is 0.540 bits per heavy atom. The number of hydrogen-bond donors (Lipinski definition) is 7. The number of nitrogens with one attached hydrogen (secondary N) is 2. The molecule has 25 heteroatoms. The number of phenols is 2. The smallest absolute Gasteiger partial charge is 0.323 e. The molecule has 7 aromatic carbocycles. The van der Waals surface area contributed by atoms with Crippen LogP contribution in [0, 0.1) is 0 Å². The number of amides is 2. The van der Waals surface area contributed by atoms with E-state index in [2.05, 4.69) is 31.1 Å². The molecule has 0 saturated carbocycles. The van der Waals surface area contributed by atoms with Crippen LogP contribution in [0.1, 0.15) is 0 Å². The fourth-order valence-corrected chi connectivity index (χ4v) is 7.93. The van der Waals surface area contributed by atoms with Crippen LogP contribution in [0.5, 0.6) is 17.2 Å². The number of nitrogens with zero attached hydrogens (tertiary/aromatic N) is 4. The van der Waals surface area contributed by atoms with Crippen molar-refractivity contribution in [3.63, 3.8) is 0 Å². The van der Waals surface area contributed by atoms with Crippen molar-refractivity contribution in [1.82, 2.24) is 0 Å². The standard InChI is InChI=1S/C38H28N6O13S3.3Na/c1-57-31-5-3-2-4-30(31)42-44-35-33(60(54,55)56)19-23-16-25(10-13-29(23)37(35)46)40-38(47)39-24-9-12-28-22(15-24)18-32(59(51,52)53)34(36(28)45)43-41-26-8-6-21-17-27(58(48,49)50)11-7-20(21)14-26;;;/h2-19,45-46H,1H3,(H2,39,40,47)(H,48,49,50)(H,51,52,53)(H,54,55,56);;;. The molecule has 3 radical (unpaired) electrons. The van der Waals surface area contributed by atoms with Crippen LogP contribution in [0.25, 0.3) is 32.3 Å². The third-order valence-corrected chi connectivity index (χ3v) is 11.5. The summed E-state index contributed by atoms with van der Waals surface area (Å²) in [6.45, 7) is 0. The van der Waals surface area contributed by atoms with E-state index >= 15 is 0 Å². The number of aromatic hydroxyl groups is 2. The zero-order valence-corrected chi connectivity index (χ0v) is 41.9. The van der Waals surface area contributed by atoms with Crippen LogP contribution in [-0.4, -0.2) is 151 Å². The summed E-state index contributed by atoms with van der Waals surface area (Å²) in [5.74, 6) is -0.992. The average Bonchev–Trinajstić information content (AvgIpc) is 3.18. The van der Waals surface area contributed by atoms with Crippen molar-refractivity contribution in [3.8, 4) is 17.2 Å². The van der Waals surface area contributed by atoms with Crippen molar-refractivity contribution in [2.24, 2.45) is 20.5 Å². The summed E-state index contributed by atoms with van der Waals surface area (Å²) in [7, 11) is -13.0. The number of rotatable bonds is 10. The molecule has 7 N–H and O–H groups in total. The van der Waals surface area contributed by atoms with Crippen molar-refractivity contribution >= 4 is 191 Å². The number of benzene rings is 7. The van der Waals surface area contributed by atoms with Gasteiger partial charge in [0.1, 0.15) is 32.6 Å². The predicted octanol–water partition coefficient (Wildman–Crippen LogP) is 7.64. The first-order valence-corrected chi connectivity index (χ1v) is 21.2. The van der Waals surface area contributed by atoms with Gasteiger partial charge in [-0.1, -0.05) is 24.3 Å². The molecule has 19 nitrogen and oxygen atoms in total. The number of carbonyl (C=O) groups is 1. The molecule has 0 heterocycles. The second kappa shape index (κ2) is 20.4. The second-order valence-corrected chi connectivity index (χ2v) is 17.0. The predicted molar refractivity (Wildman–Crippen MR) is 236 cm³/mol. The Hall–Kier alpha value is -4.08. The normalized spacial score (nSPS) is 11.9. The molecule has 0 aliphatic carbocycles. The van der Waals surface area contributed by atoms with Gasteiger partial charge >= 0.3 is 6.03 Å². The molecule has 2 amide bonds. The van der Waals surface area contributed by atoms with E-state index < -0.39 is 69.1 Å². The summed E-state index contributed by atoms with van der Waals surface area (Å²) in [5.41, 5.74) is -0.567. The van der Waals surface area contributed by atoms with Crippen LogP contribution in [0.4, 0.5) is 38.9 Å². The van der Waals surface area contributed by atoms with Gasteiger partial charge in [0, 0.05) is 111 Å². The van der Waals surface area contributed by atoms with E-state index in [0.29, 0.717) is 16.5 Å². The number of anilines is 2. The van der Waals surface area contributed by atoms with Gasteiger partial charge in [-0.05, 0) is 106 Å². The number of urea groups is 1. The second-order valence-electron chi connectivity index (χ2n) is 12.8. The molecule has 0 aliphatic rings. The number of ether oxygens (including phenoxy) is 1. The molecule has 0 aromatic heterocycles. The molecule has 0 fully saturated rings. The number of para-hydroxylation sites is 1. The SMILES string of the molecule is COc1ccccc1N=Nc1c(S(=O)(=O)O)cc2cc(NC(=O)Nc3ccc4c(O)c(N=Nc5ccc6cc(S(=O)(=O)O)ccc6c5)c(S(=O)(=O)O)cc4c3)ccc2c1O.[Na].[Na].[Na]. The Bertz CT molecular complexity index is 3360. The van der Waals surface area contributed by atoms with E-state index in [1.165, 1.54) is 86.0 Å². The van der Waals surface area contributed by atoms with Gasteiger partial charge in [-0.2, -0.15) is 30.4 Å². The quantitative estimate of drug-likeness (QED) is 0.0394. The first kappa shape index (κ1) is 51.6. The first-order chi connectivity index (χ1) is 28.3. The van der Waals surface area contributed by atoms with Crippen LogP contribution in [0.3, 0.4) is 0 Å². The Kier molecular flexibility index (Phi) is 16.7. The van der Waals surface area contributed by atoms with Gasteiger partial charge in [0.15, 0.2) is 11.5 Å². The molecule has 0 saturated heterocycles. The number of fused-ring (bicyclic) bond motifs is 3. The maximum Gasteiger partial charge on any atom is 0.323 e. The van der Waals surface area contributed by atoms with E-state index in [1.807, 2.05) is 0 Å². The minimum atomic E-state index is -5.02. The van der Waals surface area contributed by atoms with Crippen molar-refractivity contribution in [1.29, 1.82) is 0 Å². The largest absolute Gasteiger partial charge is 0.505 e. The minimum absolute atomic E-state index is 0. The summed E-state index contributed by atoms with van der Waals surface area (Å²) in [5, 5.41) is 44.2. The van der Waals surface area contributed by atoms with Crippen LogP contribution >= 0.6 is 0 Å². The molecule has 7 rings (SSSR count). The summed E-state index contributed by atoms with van der Waals surface area (Å²) >= 11 is 0. The Morgan fingerprint density at radius 2 is 1.03 bits per heavy atom.